The summed E-state index contributed by atoms with van der Waals surface area (Å²) >= 11 is 0. The Bertz CT molecular complexity index is 3290. The molecule has 0 saturated heterocycles. The van der Waals surface area contributed by atoms with Gasteiger partial charge in [-0.3, -0.25) is 0 Å². The zero-order valence-corrected chi connectivity index (χ0v) is 33.0. The minimum absolute atomic E-state index is 1.08. The maximum Gasteiger partial charge on any atom is 0.0562 e. The van der Waals surface area contributed by atoms with E-state index >= 15 is 0 Å². The summed E-state index contributed by atoms with van der Waals surface area (Å²) in [4.78, 5) is 2.43. The molecule has 0 amide bonds. The molecule has 11 aromatic rings. The van der Waals surface area contributed by atoms with Crippen molar-refractivity contribution >= 4 is 49.6 Å². The van der Waals surface area contributed by atoms with E-state index in [2.05, 4.69) is 252 Å². The van der Waals surface area contributed by atoms with Crippen LogP contribution in [0.15, 0.2) is 243 Å². The van der Waals surface area contributed by atoms with Crippen LogP contribution < -0.4 is 4.90 Å². The minimum atomic E-state index is 1.08. The second kappa shape index (κ2) is 15.1. The predicted octanol–water partition coefficient (Wildman–Crippen LogP) is 16.1. The maximum atomic E-state index is 2.45. The highest BCUT2D eigenvalue weighted by atomic mass is 15.1. The van der Waals surface area contributed by atoms with Gasteiger partial charge in [0.05, 0.1) is 22.4 Å². The van der Waals surface area contributed by atoms with Crippen LogP contribution in [-0.4, -0.2) is 4.57 Å². The van der Waals surface area contributed by atoms with E-state index < -0.39 is 0 Å². The van der Waals surface area contributed by atoms with Crippen molar-refractivity contribution in [1.29, 1.82) is 0 Å². The predicted molar refractivity (Wildman–Crippen MR) is 255 cm³/mol. The van der Waals surface area contributed by atoms with Crippen LogP contribution in [0.2, 0.25) is 0 Å². The number of para-hydroxylation sites is 3. The molecule has 1 aromatic heterocycles. The summed E-state index contributed by atoms with van der Waals surface area (Å²) in [5.74, 6) is 0. The van der Waals surface area contributed by atoms with Crippen molar-refractivity contribution in [2.45, 2.75) is 0 Å². The molecule has 0 aliphatic heterocycles. The first-order valence-corrected chi connectivity index (χ1v) is 20.6. The molecular formula is C58H40N2. The van der Waals surface area contributed by atoms with E-state index in [-0.39, 0.29) is 0 Å². The summed E-state index contributed by atoms with van der Waals surface area (Å²) in [6.07, 6.45) is 0. The number of anilines is 3. The van der Waals surface area contributed by atoms with E-state index in [1.54, 1.807) is 0 Å². The molecule has 2 nitrogen and oxygen atoms in total. The molecule has 0 atom stereocenters. The lowest BCUT2D eigenvalue weighted by atomic mass is 9.92. The summed E-state index contributed by atoms with van der Waals surface area (Å²) in [6, 6.07) is 88.0. The number of nitrogens with zero attached hydrogens (tertiary/aromatic N) is 2. The van der Waals surface area contributed by atoms with Gasteiger partial charge in [0.25, 0.3) is 0 Å². The molecule has 1 heterocycles. The van der Waals surface area contributed by atoms with Gasteiger partial charge in [-0.05, 0) is 92.7 Å². The van der Waals surface area contributed by atoms with E-state index in [4.69, 9.17) is 0 Å². The molecule has 0 aliphatic carbocycles. The Kier molecular flexibility index (Phi) is 8.87. The molecule has 0 fully saturated rings. The second-order valence-corrected chi connectivity index (χ2v) is 15.3. The molecule has 60 heavy (non-hydrogen) atoms. The molecule has 2 heteroatoms. The molecule has 0 spiro atoms. The second-order valence-electron chi connectivity index (χ2n) is 15.3. The van der Waals surface area contributed by atoms with Crippen molar-refractivity contribution in [3.63, 3.8) is 0 Å². The molecule has 10 aromatic carbocycles. The van der Waals surface area contributed by atoms with E-state index in [1.165, 1.54) is 66.0 Å². The van der Waals surface area contributed by atoms with E-state index in [1.807, 2.05) is 0 Å². The van der Waals surface area contributed by atoms with Crippen LogP contribution in [-0.2, 0) is 0 Å². The van der Waals surface area contributed by atoms with Gasteiger partial charge >= 0.3 is 0 Å². The van der Waals surface area contributed by atoms with Crippen LogP contribution >= 0.6 is 0 Å². The van der Waals surface area contributed by atoms with Gasteiger partial charge in [-0.2, -0.15) is 0 Å². The van der Waals surface area contributed by atoms with Crippen molar-refractivity contribution < 1.29 is 0 Å². The highest BCUT2D eigenvalue weighted by molar-refractivity contribution is 6.11. The lowest BCUT2D eigenvalue weighted by molar-refractivity contribution is 1.18. The van der Waals surface area contributed by atoms with Crippen LogP contribution in [0.3, 0.4) is 0 Å². The first-order chi connectivity index (χ1) is 29.8. The molecule has 0 unspecified atom stereocenters. The fraction of sp³-hybridized carbons (Fsp3) is 0. The number of fused-ring (bicyclic) bond motifs is 4. The molecule has 0 bridgehead atoms. The number of hydrogen-bond acceptors (Lipinski definition) is 1. The van der Waals surface area contributed by atoms with Gasteiger partial charge in [-0.1, -0.05) is 194 Å². The van der Waals surface area contributed by atoms with Crippen molar-refractivity contribution in [2.75, 3.05) is 4.90 Å². The molecule has 0 saturated carbocycles. The lowest BCUT2D eigenvalue weighted by Crippen LogP contribution is -2.11. The topological polar surface area (TPSA) is 8.17 Å². The molecule has 0 N–H and O–H groups in total. The Hall–Kier alpha value is -7.94. The Labute approximate surface area is 350 Å². The molecule has 282 valence electrons. The summed E-state index contributed by atoms with van der Waals surface area (Å²) in [5.41, 5.74) is 16.3. The standard InChI is InChI=1S/C58H40N2/c1-4-17-41(18-5-1)42-31-33-43(34-32-42)46-35-38-57(54(39-46)51-28-16-22-44-21-10-11-25-49(44)51)59(47-23-8-3-9-24-47)48-36-37-53-52-27-13-15-30-56(52)60(58(53)40-48)55-29-14-12-26-50(55)45-19-6-2-7-20-45/h1-40H. The monoisotopic (exact) mass is 764 g/mol. The summed E-state index contributed by atoms with van der Waals surface area (Å²) in [7, 11) is 0. The van der Waals surface area contributed by atoms with Crippen LogP contribution in [0.5, 0.6) is 0 Å². The average molecular weight is 765 g/mol. The SMILES string of the molecule is c1ccc(-c2ccc(-c3ccc(N(c4ccccc4)c4ccc5c6ccccc6n(-c6ccccc6-c6ccccc6)c5c4)c(-c4cccc5ccccc45)c3)cc2)cc1. The molecule has 11 rings (SSSR count). The van der Waals surface area contributed by atoms with Crippen molar-refractivity contribution in [3.8, 4) is 50.2 Å². The van der Waals surface area contributed by atoms with Crippen LogP contribution in [0, 0.1) is 0 Å². The van der Waals surface area contributed by atoms with Crippen molar-refractivity contribution in [1.82, 2.24) is 4.57 Å². The number of hydrogen-bond donors (Lipinski definition) is 0. The van der Waals surface area contributed by atoms with Gasteiger partial charge < -0.3 is 9.47 Å². The third kappa shape index (κ3) is 6.23. The first kappa shape index (κ1) is 35.2. The average Bonchev–Trinajstić information content (AvgIpc) is 3.66. The van der Waals surface area contributed by atoms with Gasteiger partial charge in [-0.25, -0.2) is 0 Å². The Morgan fingerprint density at radius 2 is 0.833 bits per heavy atom. The Balaban J connectivity index is 1.15. The maximum absolute atomic E-state index is 2.45. The highest BCUT2D eigenvalue weighted by Gasteiger charge is 2.22. The van der Waals surface area contributed by atoms with Gasteiger partial charge in [-0.15, -0.1) is 0 Å². The molecule has 0 aliphatic rings. The van der Waals surface area contributed by atoms with E-state index in [0.717, 1.165) is 33.8 Å². The lowest BCUT2D eigenvalue weighted by Gasteiger charge is -2.29. The smallest absolute Gasteiger partial charge is 0.0562 e. The normalized spacial score (nSPS) is 11.3. The Morgan fingerprint density at radius 1 is 0.283 bits per heavy atom. The first-order valence-electron chi connectivity index (χ1n) is 20.6. The number of benzene rings is 10. The quantitative estimate of drug-likeness (QED) is 0.150. The van der Waals surface area contributed by atoms with Crippen LogP contribution in [0.1, 0.15) is 0 Å². The van der Waals surface area contributed by atoms with E-state index in [9.17, 15) is 0 Å². The van der Waals surface area contributed by atoms with Crippen LogP contribution in [0.25, 0.3) is 82.8 Å². The highest BCUT2D eigenvalue weighted by Crippen LogP contribution is 2.46. The summed E-state index contributed by atoms with van der Waals surface area (Å²) < 4.78 is 2.45. The van der Waals surface area contributed by atoms with Gasteiger partial charge in [0, 0.05) is 33.3 Å². The summed E-state index contributed by atoms with van der Waals surface area (Å²) in [5, 5.41) is 4.88. The number of rotatable bonds is 8. The van der Waals surface area contributed by atoms with Gasteiger partial charge in [0.1, 0.15) is 0 Å². The van der Waals surface area contributed by atoms with Crippen molar-refractivity contribution in [3.05, 3.63) is 243 Å². The third-order valence-electron chi connectivity index (χ3n) is 11.8. The van der Waals surface area contributed by atoms with E-state index in [0.29, 0.717) is 0 Å². The minimum Gasteiger partial charge on any atom is -0.310 e. The van der Waals surface area contributed by atoms with Crippen molar-refractivity contribution in [2.24, 2.45) is 0 Å². The largest absolute Gasteiger partial charge is 0.310 e. The summed E-state index contributed by atoms with van der Waals surface area (Å²) in [6.45, 7) is 0. The van der Waals surface area contributed by atoms with Gasteiger partial charge in [0.2, 0.25) is 0 Å². The molecule has 0 radical (unpaired) electrons. The Morgan fingerprint density at radius 3 is 1.62 bits per heavy atom. The third-order valence-corrected chi connectivity index (χ3v) is 11.8. The molecular weight excluding hydrogens is 725 g/mol. The van der Waals surface area contributed by atoms with Crippen LogP contribution in [0.4, 0.5) is 17.1 Å². The zero-order chi connectivity index (χ0) is 39.8. The zero-order valence-electron chi connectivity index (χ0n) is 33.0. The number of aromatic nitrogens is 1. The van der Waals surface area contributed by atoms with Gasteiger partial charge in [0.15, 0.2) is 0 Å². The fourth-order valence-corrected chi connectivity index (χ4v) is 8.96. The fourth-order valence-electron chi connectivity index (χ4n) is 8.96.